The number of nitrogens with one attached hydrogen (secondary N) is 1. The zero-order chi connectivity index (χ0) is 15.1. The van der Waals surface area contributed by atoms with Gasteiger partial charge < -0.3 is 10.4 Å². The predicted octanol–water partition coefficient (Wildman–Crippen LogP) is 2.79. The summed E-state index contributed by atoms with van der Waals surface area (Å²) in [5, 5.41) is 12.2. The fourth-order valence-electron chi connectivity index (χ4n) is 2.29. The molecule has 4 heteroatoms. The van der Waals surface area contributed by atoms with E-state index >= 15 is 0 Å². The van der Waals surface area contributed by atoms with Crippen molar-refractivity contribution in [3.63, 3.8) is 0 Å². The monoisotopic (exact) mass is 301 g/mol. The van der Waals surface area contributed by atoms with Crippen LogP contribution in [-0.2, 0) is 4.79 Å². The summed E-state index contributed by atoms with van der Waals surface area (Å²) in [6.45, 7) is 0.561. The van der Waals surface area contributed by atoms with Crippen molar-refractivity contribution in [1.82, 2.24) is 5.32 Å². The van der Waals surface area contributed by atoms with Crippen LogP contribution in [0.25, 0.3) is 0 Å². The van der Waals surface area contributed by atoms with Gasteiger partial charge in [0, 0.05) is 18.2 Å². The van der Waals surface area contributed by atoms with Crippen LogP contribution in [0, 0.1) is 0 Å². The maximum absolute atomic E-state index is 11.1. The lowest BCUT2D eigenvalue weighted by molar-refractivity contribution is -0.138. The molecular formula is C17H19NO2S. The summed E-state index contributed by atoms with van der Waals surface area (Å²) in [4.78, 5) is 11.1. The molecule has 2 aromatic carbocycles. The van der Waals surface area contributed by atoms with Crippen LogP contribution in [0.2, 0.25) is 0 Å². The van der Waals surface area contributed by atoms with E-state index in [4.69, 9.17) is 5.11 Å². The van der Waals surface area contributed by atoms with Crippen LogP contribution in [0.5, 0.6) is 0 Å². The largest absolute Gasteiger partial charge is 0.480 e. The van der Waals surface area contributed by atoms with Crippen LogP contribution >= 0.6 is 12.6 Å². The van der Waals surface area contributed by atoms with E-state index in [1.54, 1.807) is 0 Å². The normalized spacial score (nSPS) is 12.3. The highest BCUT2D eigenvalue weighted by Crippen LogP contribution is 2.23. The van der Waals surface area contributed by atoms with Gasteiger partial charge in [0.15, 0.2) is 0 Å². The lowest BCUT2D eigenvalue weighted by Gasteiger charge is -2.21. The van der Waals surface area contributed by atoms with Gasteiger partial charge in [0.25, 0.3) is 0 Å². The minimum atomic E-state index is -0.870. The van der Waals surface area contributed by atoms with Gasteiger partial charge in [0.1, 0.15) is 6.04 Å². The third-order valence-corrected chi connectivity index (χ3v) is 3.82. The SMILES string of the molecule is O=C(O)[C@H](CS)NCC(c1ccccc1)c1ccccc1. The standard InChI is InChI=1S/C17H19NO2S/c19-17(20)16(12-21)18-11-15(13-7-3-1-4-8-13)14-9-5-2-6-10-14/h1-10,15-16,18,21H,11-12H2,(H,19,20)/t16-/m0/s1. The Labute approximate surface area is 130 Å². The van der Waals surface area contributed by atoms with E-state index in [0.29, 0.717) is 6.54 Å². The molecule has 0 aliphatic carbocycles. The first-order valence-corrected chi connectivity index (χ1v) is 7.52. The molecule has 0 saturated heterocycles. The fourth-order valence-corrected chi connectivity index (χ4v) is 2.57. The molecule has 0 fully saturated rings. The molecule has 3 nitrogen and oxygen atoms in total. The molecule has 110 valence electrons. The van der Waals surface area contributed by atoms with Crippen molar-refractivity contribution in [2.24, 2.45) is 0 Å². The van der Waals surface area contributed by atoms with Gasteiger partial charge in [-0.15, -0.1) is 0 Å². The highest BCUT2D eigenvalue weighted by Gasteiger charge is 2.19. The molecule has 0 heterocycles. The molecule has 0 spiro atoms. The zero-order valence-electron chi connectivity index (χ0n) is 11.6. The van der Waals surface area contributed by atoms with Crippen molar-refractivity contribution in [3.05, 3.63) is 71.8 Å². The lowest BCUT2D eigenvalue weighted by Crippen LogP contribution is -2.40. The summed E-state index contributed by atoms with van der Waals surface area (Å²) in [6.07, 6.45) is 0. The topological polar surface area (TPSA) is 49.3 Å². The molecule has 0 unspecified atom stereocenters. The van der Waals surface area contributed by atoms with Gasteiger partial charge >= 0.3 is 5.97 Å². The lowest BCUT2D eigenvalue weighted by atomic mass is 9.91. The number of hydrogen-bond acceptors (Lipinski definition) is 3. The summed E-state index contributed by atoms with van der Waals surface area (Å²) < 4.78 is 0. The molecule has 2 rings (SSSR count). The van der Waals surface area contributed by atoms with Crippen molar-refractivity contribution >= 4 is 18.6 Å². The molecule has 2 N–H and O–H groups in total. The quantitative estimate of drug-likeness (QED) is 0.689. The Kier molecular flexibility index (Phi) is 5.84. The summed E-state index contributed by atoms with van der Waals surface area (Å²) in [5.74, 6) is -0.481. The van der Waals surface area contributed by atoms with E-state index < -0.39 is 12.0 Å². The van der Waals surface area contributed by atoms with E-state index in [2.05, 4.69) is 42.2 Å². The van der Waals surface area contributed by atoms with Gasteiger partial charge in [-0.1, -0.05) is 60.7 Å². The summed E-state index contributed by atoms with van der Waals surface area (Å²) in [6, 6.07) is 19.6. The average molecular weight is 301 g/mol. The summed E-state index contributed by atoms with van der Waals surface area (Å²) in [5.41, 5.74) is 2.33. The van der Waals surface area contributed by atoms with Gasteiger partial charge in [0.2, 0.25) is 0 Å². The summed E-state index contributed by atoms with van der Waals surface area (Å²) >= 11 is 4.09. The van der Waals surface area contributed by atoms with Crippen LogP contribution in [0.1, 0.15) is 17.0 Å². The van der Waals surface area contributed by atoms with E-state index in [-0.39, 0.29) is 11.7 Å². The van der Waals surface area contributed by atoms with Gasteiger partial charge in [0.05, 0.1) is 0 Å². The van der Waals surface area contributed by atoms with Gasteiger partial charge in [-0.05, 0) is 11.1 Å². The van der Waals surface area contributed by atoms with Crippen LogP contribution in [0.4, 0.5) is 0 Å². The van der Waals surface area contributed by atoms with Crippen LogP contribution in [-0.4, -0.2) is 29.4 Å². The maximum atomic E-state index is 11.1. The predicted molar refractivity (Wildman–Crippen MR) is 88.0 cm³/mol. The van der Waals surface area contributed by atoms with E-state index in [9.17, 15) is 4.79 Å². The molecule has 0 aromatic heterocycles. The number of benzene rings is 2. The zero-order valence-corrected chi connectivity index (χ0v) is 12.5. The number of hydrogen-bond donors (Lipinski definition) is 3. The van der Waals surface area contributed by atoms with Crippen LogP contribution < -0.4 is 5.32 Å². The minimum Gasteiger partial charge on any atom is -0.480 e. The molecule has 0 saturated carbocycles. The van der Waals surface area contributed by atoms with Crippen LogP contribution in [0.15, 0.2) is 60.7 Å². The molecule has 0 amide bonds. The Morgan fingerprint density at radius 3 is 1.86 bits per heavy atom. The van der Waals surface area contributed by atoms with Crippen molar-refractivity contribution in [3.8, 4) is 0 Å². The summed E-state index contributed by atoms with van der Waals surface area (Å²) in [7, 11) is 0. The third kappa shape index (κ3) is 4.34. The van der Waals surface area contributed by atoms with Crippen molar-refractivity contribution in [1.29, 1.82) is 0 Å². The molecule has 0 aliphatic rings. The van der Waals surface area contributed by atoms with E-state index in [1.807, 2.05) is 36.4 Å². The number of aliphatic carboxylic acids is 1. The molecule has 1 atom stereocenters. The molecule has 0 radical (unpaired) electrons. The van der Waals surface area contributed by atoms with E-state index in [0.717, 1.165) is 0 Å². The highest BCUT2D eigenvalue weighted by atomic mass is 32.1. The average Bonchev–Trinajstić information content (AvgIpc) is 2.53. The number of carbonyl (C=O) groups is 1. The second kappa shape index (κ2) is 7.86. The molecular weight excluding hydrogens is 282 g/mol. The Hall–Kier alpha value is -1.78. The highest BCUT2D eigenvalue weighted by molar-refractivity contribution is 7.80. The van der Waals surface area contributed by atoms with Crippen molar-refractivity contribution in [2.75, 3.05) is 12.3 Å². The van der Waals surface area contributed by atoms with Crippen LogP contribution in [0.3, 0.4) is 0 Å². The number of carboxylic acids is 1. The molecule has 21 heavy (non-hydrogen) atoms. The third-order valence-electron chi connectivity index (χ3n) is 3.45. The molecule has 2 aromatic rings. The van der Waals surface area contributed by atoms with Gasteiger partial charge in [-0.3, -0.25) is 4.79 Å². The second-order valence-corrected chi connectivity index (χ2v) is 5.22. The first-order valence-electron chi connectivity index (χ1n) is 6.89. The number of rotatable bonds is 7. The van der Waals surface area contributed by atoms with Crippen molar-refractivity contribution < 1.29 is 9.90 Å². The maximum Gasteiger partial charge on any atom is 0.321 e. The molecule has 0 bridgehead atoms. The first-order chi connectivity index (χ1) is 10.2. The Bertz CT molecular complexity index is 520. The smallest absolute Gasteiger partial charge is 0.321 e. The Morgan fingerprint density at radius 1 is 1.00 bits per heavy atom. The Balaban J connectivity index is 2.19. The molecule has 0 aliphatic heterocycles. The fraction of sp³-hybridized carbons (Fsp3) is 0.235. The Morgan fingerprint density at radius 2 is 1.48 bits per heavy atom. The first kappa shape index (κ1) is 15.6. The number of thiol groups is 1. The van der Waals surface area contributed by atoms with Gasteiger partial charge in [-0.25, -0.2) is 0 Å². The van der Waals surface area contributed by atoms with Crippen molar-refractivity contribution in [2.45, 2.75) is 12.0 Å². The van der Waals surface area contributed by atoms with E-state index in [1.165, 1.54) is 11.1 Å². The second-order valence-electron chi connectivity index (χ2n) is 4.86. The van der Waals surface area contributed by atoms with Gasteiger partial charge in [-0.2, -0.15) is 12.6 Å². The minimum absolute atomic E-state index is 0.120. The number of carboxylic acid groups (broad SMARTS) is 1.